The summed E-state index contributed by atoms with van der Waals surface area (Å²) in [4.78, 5) is 18.5. The summed E-state index contributed by atoms with van der Waals surface area (Å²) >= 11 is 1.65. The fraction of sp³-hybridized carbons (Fsp3) is 0.500. The van der Waals surface area contributed by atoms with E-state index < -0.39 is 0 Å². The van der Waals surface area contributed by atoms with Crippen LogP contribution in [0.1, 0.15) is 30.9 Å². The zero-order valence-electron chi connectivity index (χ0n) is 13.2. The van der Waals surface area contributed by atoms with Crippen LogP contribution in [-0.4, -0.2) is 31.0 Å². The van der Waals surface area contributed by atoms with Crippen LogP contribution in [0.15, 0.2) is 12.1 Å². The van der Waals surface area contributed by atoms with Crippen molar-refractivity contribution in [1.29, 1.82) is 0 Å². The van der Waals surface area contributed by atoms with E-state index in [0.717, 1.165) is 30.0 Å². The third-order valence-electron chi connectivity index (χ3n) is 3.49. The van der Waals surface area contributed by atoms with Gasteiger partial charge in [0, 0.05) is 13.6 Å². The first-order chi connectivity index (χ1) is 10.0. The number of rotatable bonds is 6. The average molecular weight is 305 g/mol. The predicted molar refractivity (Wildman–Crippen MR) is 90.3 cm³/mol. The van der Waals surface area contributed by atoms with E-state index in [9.17, 15) is 4.79 Å². The minimum absolute atomic E-state index is 0.0543. The smallest absolute Gasteiger partial charge is 0.239 e. The molecule has 4 nitrogen and oxygen atoms in total. The second-order valence-electron chi connectivity index (χ2n) is 5.43. The maximum Gasteiger partial charge on any atom is 0.239 e. The van der Waals surface area contributed by atoms with Crippen LogP contribution in [0.3, 0.4) is 0 Å². The molecule has 0 radical (unpaired) electrons. The first kappa shape index (κ1) is 15.8. The van der Waals surface area contributed by atoms with E-state index in [4.69, 9.17) is 0 Å². The largest absolute Gasteiger partial charge is 0.355 e. The summed E-state index contributed by atoms with van der Waals surface area (Å²) in [5.74, 6) is 0.0543. The maximum atomic E-state index is 11.9. The second kappa shape index (κ2) is 6.89. The van der Waals surface area contributed by atoms with Crippen LogP contribution in [0.4, 0.5) is 5.13 Å². The van der Waals surface area contributed by atoms with E-state index in [1.807, 2.05) is 11.9 Å². The highest BCUT2D eigenvalue weighted by Gasteiger charge is 2.13. The fourth-order valence-electron chi connectivity index (χ4n) is 2.15. The summed E-state index contributed by atoms with van der Waals surface area (Å²) in [7, 11) is 1.92. The lowest BCUT2D eigenvalue weighted by Crippen LogP contribution is -2.35. The number of benzene rings is 1. The normalized spacial score (nSPS) is 10.9. The molecule has 2 aromatic rings. The summed E-state index contributed by atoms with van der Waals surface area (Å²) in [6, 6.07) is 4.22. The van der Waals surface area contributed by atoms with Crippen LogP contribution >= 0.6 is 11.3 Å². The van der Waals surface area contributed by atoms with Crippen molar-refractivity contribution in [3.05, 3.63) is 23.3 Å². The van der Waals surface area contributed by atoms with Crippen LogP contribution in [0.5, 0.6) is 0 Å². The van der Waals surface area contributed by atoms with Crippen molar-refractivity contribution >= 4 is 32.6 Å². The third-order valence-corrected chi connectivity index (χ3v) is 4.80. The Balaban J connectivity index is 2.09. The second-order valence-corrected chi connectivity index (χ2v) is 6.41. The van der Waals surface area contributed by atoms with E-state index in [1.165, 1.54) is 15.8 Å². The van der Waals surface area contributed by atoms with Crippen molar-refractivity contribution in [3.8, 4) is 0 Å². The van der Waals surface area contributed by atoms with Gasteiger partial charge in [-0.3, -0.25) is 4.79 Å². The molecule has 1 aromatic carbocycles. The summed E-state index contributed by atoms with van der Waals surface area (Å²) < 4.78 is 1.21. The number of aryl methyl sites for hydroxylation is 2. The number of unbranched alkanes of at least 4 members (excludes halogenated alkanes) is 1. The quantitative estimate of drug-likeness (QED) is 0.833. The molecule has 0 bridgehead atoms. The van der Waals surface area contributed by atoms with Crippen molar-refractivity contribution in [2.75, 3.05) is 25.0 Å². The molecule has 0 fully saturated rings. The van der Waals surface area contributed by atoms with Gasteiger partial charge in [-0.25, -0.2) is 4.98 Å². The number of aromatic nitrogens is 1. The molecular weight excluding hydrogens is 282 g/mol. The Kier molecular flexibility index (Phi) is 5.17. The zero-order valence-corrected chi connectivity index (χ0v) is 14.0. The number of carbonyl (C=O) groups excluding carboxylic acids is 1. The van der Waals surface area contributed by atoms with E-state index in [1.54, 1.807) is 11.3 Å². The molecule has 21 heavy (non-hydrogen) atoms. The van der Waals surface area contributed by atoms with Gasteiger partial charge in [0.05, 0.1) is 16.8 Å². The van der Waals surface area contributed by atoms with Gasteiger partial charge >= 0.3 is 0 Å². The summed E-state index contributed by atoms with van der Waals surface area (Å²) in [6.45, 7) is 7.39. The number of anilines is 1. The molecule has 114 valence electrons. The Bertz CT molecular complexity index is 597. The monoisotopic (exact) mass is 305 g/mol. The first-order valence-corrected chi connectivity index (χ1v) is 8.19. The van der Waals surface area contributed by atoms with Gasteiger partial charge < -0.3 is 10.2 Å². The molecule has 1 amide bonds. The summed E-state index contributed by atoms with van der Waals surface area (Å²) in [6.07, 6.45) is 2.11. The van der Waals surface area contributed by atoms with Gasteiger partial charge in [-0.05, 0) is 31.4 Å². The molecule has 0 aliphatic heterocycles. The van der Waals surface area contributed by atoms with E-state index in [2.05, 4.69) is 43.2 Å². The molecular formula is C16H23N3OS. The van der Waals surface area contributed by atoms with Crippen molar-refractivity contribution in [1.82, 2.24) is 10.3 Å². The third kappa shape index (κ3) is 3.73. The van der Waals surface area contributed by atoms with Crippen LogP contribution in [0, 0.1) is 13.8 Å². The Hall–Kier alpha value is -1.62. The Labute approximate surface area is 130 Å². The molecule has 0 unspecified atom stereocenters. The Morgan fingerprint density at radius 1 is 1.33 bits per heavy atom. The number of amides is 1. The van der Waals surface area contributed by atoms with E-state index >= 15 is 0 Å². The molecule has 5 heteroatoms. The standard InChI is InChI=1S/C16H23N3OS/c1-5-6-9-17-13(20)10-19(4)16-18-14-11(2)7-8-12(3)15(14)21-16/h7-8H,5-6,9-10H2,1-4H3,(H,17,20). The van der Waals surface area contributed by atoms with Crippen LogP contribution in [0.25, 0.3) is 10.2 Å². The van der Waals surface area contributed by atoms with Crippen LogP contribution in [0.2, 0.25) is 0 Å². The number of hydrogen-bond donors (Lipinski definition) is 1. The number of hydrogen-bond acceptors (Lipinski definition) is 4. The molecule has 1 N–H and O–H groups in total. The molecule has 1 aromatic heterocycles. The van der Waals surface area contributed by atoms with Gasteiger partial charge in [-0.1, -0.05) is 36.8 Å². The SMILES string of the molecule is CCCCNC(=O)CN(C)c1nc2c(C)ccc(C)c2s1. The lowest BCUT2D eigenvalue weighted by molar-refractivity contribution is -0.119. The number of nitrogens with zero attached hydrogens (tertiary/aromatic N) is 2. The highest BCUT2D eigenvalue weighted by molar-refractivity contribution is 7.22. The number of thiazole rings is 1. The van der Waals surface area contributed by atoms with Gasteiger partial charge in [0.2, 0.25) is 5.91 Å². The molecule has 0 saturated heterocycles. The molecule has 0 spiro atoms. The molecule has 0 aliphatic carbocycles. The van der Waals surface area contributed by atoms with Gasteiger partial charge in [0.15, 0.2) is 5.13 Å². The van der Waals surface area contributed by atoms with Gasteiger partial charge in [-0.2, -0.15) is 0 Å². The topological polar surface area (TPSA) is 45.2 Å². The van der Waals surface area contributed by atoms with Crippen LogP contribution in [-0.2, 0) is 4.79 Å². The molecule has 2 rings (SSSR count). The van der Waals surface area contributed by atoms with E-state index in [-0.39, 0.29) is 5.91 Å². The number of nitrogens with one attached hydrogen (secondary N) is 1. The first-order valence-electron chi connectivity index (χ1n) is 7.37. The Morgan fingerprint density at radius 2 is 2.05 bits per heavy atom. The number of likely N-dealkylation sites (N-methyl/N-ethyl adjacent to an activating group) is 1. The average Bonchev–Trinajstić information content (AvgIpc) is 2.90. The number of fused-ring (bicyclic) bond motifs is 1. The van der Waals surface area contributed by atoms with Crippen molar-refractivity contribution in [3.63, 3.8) is 0 Å². The summed E-state index contributed by atoms with van der Waals surface area (Å²) in [5.41, 5.74) is 3.47. The van der Waals surface area contributed by atoms with Gasteiger partial charge in [0.25, 0.3) is 0 Å². The van der Waals surface area contributed by atoms with Crippen molar-refractivity contribution < 1.29 is 4.79 Å². The summed E-state index contributed by atoms with van der Waals surface area (Å²) in [5, 5.41) is 3.83. The zero-order chi connectivity index (χ0) is 15.4. The van der Waals surface area contributed by atoms with Crippen molar-refractivity contribution in [2.24, 2.45) is 0 Å². The fourth-order valence-corrected chi connectivity index (χ4v) is 3.23. The highest BCUT2D eigenvalue weighted by Crippen LogP contribution is 2.32. The van der Waals surface area contributed by atoms with Crippen LogP contribution < -0.4 is 10.2 Å². The minimum atomic E-state index is 0.0543. The lowest BCUT2D eigenvalue weighted by Gasteiger charge is -2.15. The molecule has 0 saturated carbocycles. The van der Waals surface area contributed by atoms with E-state index in [0.29, 0.717) is 6.54 Å². The maximum absolute atomic E-state index is 11.9. The lowest BCUT2D eigenvalue weighted by atomic mass is 10.1. The Morgan fingerprint density at radius 3 is 2.71 bits per heavy atom. The predicted octanol–water partition coefficient (Wildman–Crippen LogP) is 3.27. The molecule has 1 heterocycles. The van der Waals surface area contributed by atoms with Gasteiger partial charge in [-0.15, -0.1) is 0 Å². The molecule has 0 aliphatic rings. The number of carbonyl (C=O) groups is 1. The molecule has 0 atom stereocenters. The minimum Gasteiger partial charge on any atom is -0.355 e. The van der Waals surface area contributed by atoms with Crippen molar-refractivity contribution in [2.45, 2.75) is 33.6 Å². The van der Waals surface area contributed by atoms with Gasteiger partial charge in [0.1, 0.15) is 0 Å². The highest BCUT2D eigenvalue weighted by atomic mass is 32.1.